The van der Waals surface area contributed by atoms with Crippen molar-refractivity contribution >= 4 is 33.3 Å². The number of ketones is 1. The predicted molar refractivity (Wildman–Crippen MR) is 75.1 cm³/mol. The highest BCUT2D eigenvalue weighted by atomic mass is 79.9. The van der Waals surface area contributed by atoms with E-state index in [9.17, 15) is 9.59 Å². The van der Waals surface area contributed by atoms with Crippen LogP contribution in [0.15, 0.2) is 24.3 Å². The van der Waals surface area contributed by atoms with Gasteiger partial charge in [-0.3, -0.25) is 14.5 Å². The van der Waals surface area contributed by atoms with Gasteiger partial charge in [-0.1, -0.05) is 54.2 Å². The zero-order valence-electron chi connectivity index (χ0n) is 10.4. The molecule has 0 aromatic heterocycles. The maximum absolute atomic E-state index is 12.0. The van der Waals surface area contributed by atoms with Crippen molar-refractivity contribution in [1.82, 2.24) is 0 Å². The maximum atomic E-state index is 12.0. The van der Waals surface area contributed by atoms with E-state index < -0.39 is 11.7 Å². The molecule has 0 fully saturated rings. The summed E-state index contributed by atoms with van der Waals surface area (Å²) in [6.07, 6.45) is 4.19. The van der Waals surface area contributed by atoms with E-state index in [-0.39, 0.29) is 4.95 Å². The Bertz CT molecular complexity index is 473. The van der Waals surface area contributed by atoms with Crippen LogP contribution >= 0.6 is 15.9 Å². The van der Waals surface area contributed by atoms with Crippen LogP contribution in [0.3, 0.4) is 0 Å². The number of Topliss-reactive ketones (excluding diaryl/α,β-unsaturated/α-hetero) is 1. The number of para-hydroxylation sites is 1. The molecule has 0 saturated heterocycles. The number of benzene rings is 1. The van der Waals surface area contributed by atoms with Gasteiger partial charge in [0.2, 0.25) is 0 Å². The molecule has 0 saturated carbocycles. The fraction of sp³-hybridized carbons (Fsp3) is 0.429. The van der Waals surface area contributed by atoms with E-state index in [4.69, 9.17) is 0 Å². The molecule has 1 aliphatic rings. The molecule has 18 heavy (non-hydrogen) atoms. The van der Waals surface area contributed by atoms with Crippen molar-refractivity contribution in [3.05, 3.63) is 29.8 Å². The second-order valence-electron chi connectivity index (χ2n) is 4.45. The molecule has 2 rings (SSSR count). The molecule has 1 heterocycles. The first-order valence-corrected chi connectivity index (χ1v) is 7.19. The number of alkyl halides is 1. The van der Waals surface area contributed by atoms with Crippen LogP contribution in [0.2, 0.25) is 0 Å². The number of halogens is 1. The molecule has 0 N–H and O–H groups in total. The number of hydrogen-bond acceptors (Lipinski definition) is 2. The quantitative estimate of drug-likeness (QED) is 0.361. The summed E-state index contributed by atoms with van der Waals surface area (Å²) in [5.41, 5.74) is 1.24. The topological polar surface area (TPSA) is 37.4 Å². The highest BCUT2D eigenvalue weighted by molar-refractivity contribution is 9.09. The molecule has 1 aromatic rings. The number of carbonyl (C=O) groups excluding carboxylic acids is 2. The Labute approximate surface area is 115 Å². The van der Waals surface area contributed by atoms with Gasteiger partial charge in [0.05, 0.1) is 16.2 Å². The summed E-state index contributed by atoms with van der Waals surface area (Å²) >= 11 is 3.53. The number of unbranched alkanes of at least 4 members (excludes halogenated alkanes) is 2. The summed E-state index contributed by atoms with van der Waals surface area (Å²) in [6, 6.07) is 7.17. The largest absolute Gasteiger partial charge is 0.300 e. The molecule has 1 unspecified atom stereocenters. The second kappa shape index (κ2) is 5.65. The molecule has 96 valence electrons. The molecule has 0 spiro atoms. The third kappa shape index (κ3) is 2.34. The highest BCUT2D eigenvalue weighted by Gasteiger charge is 2.38. The predicted octanol–water partition coefficient (Wildman–Crippen LogP) is 3.52. The number of hydrogen-bond donors (Lipinski definition) is 0. The van der Waals surface area contributed by atoms with Crippen LogP contribution in [-0.4, -0.2) is 16.6 Å². The fourth-order valence-electron chi connectivity index (χ4n) is 2.18. The van der Waals surface area contributed by atoms with Gasteiger partial charge in [0.15, 0.2) is 0 Å². The first kappa shape index (κ1) is 13.3. The van der Waals surface area contributed by atoms with E-state index in [1.807, 2.05) is 12.1 Å². The normalized spacial score (nSPS) is 16.0. The average Bonchev–Trinajstić information content (AvgIpc) is 2.63. The SMILES string of the molecule is CCCCCC(Br)N1C(=O)C(=O)c2ccccc21. The summed E-state index contributed by atoms with van der Waals surface area (Å²) < 4.78 is 0. The van der Waals surface area contributed by atoms with Crippen molar-refractivity contribution < 1.29 is 9.59 Å². The van der Waals surface area contributed by atoms with Crippen molar-refractivity contribution in [3.8, 4) is 0 Å². The molecular weight excluding hydrogens is 294 g/mol. The number of rotatable bonds is 5. The molecule has 0 aliphatic carbocycles. The van der Waals surface area contributed by atoms with Gasteiger partial charge in [-0.25, -0.2) is 0 Å². The van der Waals surface area contributed by atoms with Crippen LogP contribution in [-0.2, 0) is 4.79 Å². The zero-order chi connectivity index (χ0) is 13.1. The molecule has 0 radical (unpaired) electrons. The van der Waals surface area contributed by atoms with E-state index >= 15 is 0 Å². The first-order valence-electron chi connectivity index (χ1n) is 6.27. The highest BCUT2D eigenvalue weighted by Crippen LogP contribution is 2.33. The molecular formula is C14H16BrNO2. The third-order valence-corrected chi connectivity index (χ3v) is 4.01. The molecule has 0 bridgehead atoms. The van der Waals surface area contributed by atoms with Crippen molar-refractivity contribution in [2.45, 2.75) is 37.6 Å². The molecule has 4 heteroatoms. The number of fused-ring (bicyclic) bond motifs is 1. The number of amides is 1. The van der Waals surface area contributed by atoms with Crippen LogP contribution in [0, 0.1) is 0 Å². The molecule has 1 aromatic carbocycles. The average molecular weight is 310 g/mol. The summed E-state index contributed by atoms with van der Waals surface area (Å²) in [7, 11) is 0. The first-order chi connectivity index (χ1) is 8.66. The van der Waals surface area contributed by atoms with Crippen LogP contribution in [0.5, 0.6) is 0 Å². The van der Waals surface area contributed by atoms with Crippen molar-refractivity contribution in [3.63, 3.8) is 0 Å². The van der Waals surface area contributed by atoms with E-state index in [1.165, 1.54) is 0 Å². The van der Waals surface area contributed by atoms with Gasteiger partial charge in [0, 0.05) is 0 Å². The van der Waals surface area contributed by atoms with Crippen LogP contribution in [0.4, 0.5) is 5.69 Å². The second-order valence-corrected chi connectivity index (χ2v) is 5.51. The number of anilines is 1. The van der Waals surface area contributed by atoms with Gasteiger partial charge < -0.3 is 0 Å². The smallest absolute Gasteiger partial charge is 0.292 e. The van der Waals surface area contributed by atoms with Crippen molar-refractivity contribution in [1.29, 1.82) is 0 Å². The lowest BCUT2D eigenvalue weighted by Crippen LogP contribution is -2.35. The summed E-state index contributed by atoms with van der Waals surface area (Å²) in [6.45, 7) is 2.14. The Morgan fingerprint density at radius 3 is 2.67 bits per heavy atom. The van der Waals surface area contributed by atoms with Gasteiger partial charge in [-0.05, 0) is 18.6 Å². The summed E-state index contributed by atoms with van der Waals surface area (Å²) in [4.78, 5) is 25.3. The van der Waals surface area contributed by atoms with E-state index in [0.717, 1.165) is 31.4 Å². The Morgan fingerprint density at radius 2 is 1.94 bits per heavy atom. The third-order valence-electron chi connectivity index (χ3n) is 3.15. The van der Waals surface area contributed by atoms with Crippen molar-refractivity contribution in [2.75, 3.05) is 4.90 Å². The Hall–Kier alpha value is -1.16. The lowest BCUT2D eigenvalue weighted by Gasteiger charge is -2.22. The minimum absolute atomic E-state index is 0.0934. The monoisotopic (exact) mass is 309 g/mol. The lowest BCUT2D eigenvalue weighted by molar-refractivity contribution is -0.114. The zero-order valence-corrected chi connectivity index (χ0v) is 11.9. The Kier molecular flexibility index (Phi) is 4.17. The molecule has 3 nitrogen and oxygen atoms in total. The molecule has 1 amide bonds. The minimum atomic E-state index is -0.422. The van der Waals surface area contributed by atoms with Gasteiger partial charge in [0.1, 0.15) is 0 Å². The van der Waals surface area contributed by atoms with Crippen LogP contribution < -0.4 is 4.90 Å². The fourth-order valence-corrected chi connectivity index (χ4v) is 2.91. The summed E-state index contributed by atoms with van der Waals surface area (Å²) in [5, 5.41) is 0. The maximum Gasteiger partial charge on any atom is 0.300 e. The van der Waals surface area contributed by atoms with Crippen LogP contribution in [0.1, 0.15) is 43.0 Å². The minimum Gasteiger partial charge on any atom is -0.292 e. The van der Waals surface area contributed by atoms with Gasteiger partial charge in [-0.2, -0.15) is 0 Å². The van der Waals surface area contributed by atoms with Crippen LogP contribution in [0.25, 0.3) is 0 Å². The van der Waals surface area contributed by atoms with Gasteiger partial charge >= 0.3 is 0 Å². The number of carbonyl (C=O) groups is 2. The Morgan fingerprint density at radius 1 is 1.22 bits per heavy atom. The Balaban J connectivity index is 2.18. The van der Waals surface area contributed by atoms with Gasteiger partial charge in [0.25, 0.3) is 11.7 Å². The van der Waals surface area contributed by atoms with E-state index in [2.05, 4.69) is 22.9 Å². The standard InChI is InChI=1S/C14H16BrNO2/c1-2-3-4-9-12(15)16-11-8-6-5-7-10(11)13(17)14(16)18/h5-8,12H,2-4,9H2,1H3. The van der Waals surface area contributed by atoms with E-state index in [0.29, 0.717) is 5.56 Å². The lowest BCUT2D eigenvalue weighted by atomic mass is 10.1. The van der Waals surface area contributed by atoms with E-state index in [1.54, 1.807) is 17.0 Å². The number of nitrogens with zero attached hydrogens (tertiary/aromatic N) is 1. The summed E-state index contributed by atoms with van der Waals surface area (Å²) in [5.74, 6) is -0.819. The molecule has 1 aliphatic heterocycles. The van der Waals surface area contributed by atoms with Crippen molar-refractivity contribution in [2.24, 2.45) is 0 Å². The van der Waals surface area contributed by atoms with Gasteiger partial charge in [-0.15, -0.1) is 0 Å². The molecule has 1 atom stereocenters.